The van der Waals surface area contributed by atoms with Crippen LogP contribution >= 0.6 is 0 Å². The van der Waals surface area contributed by atoms with E-state index in [0.29, 0.717) is 0 Å². The predicted molar refractivity (Wildman–Crippen MR) is 58.0 cm³/mol. The average Bonchev–Trinajstić information content (AvgIpc) is 2.21. The minimum atomic E-state index is -1.25. The second-order valence-electron chi connectivity index (χ2n) is 3.76. The molecule has 0 radical (unpaired) electrons. The molecule has 0 unspecified atom stereocenters. The van der Waals surface area contributed by atoms with Crippen molar-refractivity contribution in [2.45, 2.75) is 38.5 Å². The van der Waals surface area contributed by atoms with E-state index in [2.05, 4.69) is 0 Å². The lowest BCUT2D eigenvalue weighted by atomic mass is 10.0. The van der Waals surface area contributed by atoms with Gasteiger partial charge in [0.2, 0.25) is 0 Å². The van der Waals surface area contributed by atoms with Crippen molar-refractivity contribution < 1.29 is 34.2 Å². The molecule has 2 N–H and O–H groups in total. The summed E-state index contributed by atoms with van der Waals surface area (Å²) >= 11 is 0. The third-order valence-electron chi connectivity index (χ3n) is 2.06. The molecule has 0 atom stereocenters. The topological polar surface area (TPSA) is 126 Å². The van der Waals surface area contributed by atoms with Gasteiger partial charge in [-0.15, -0.1) is 0 Å². The Balaban J connectivity index is 3.78. The maximum atomic E-state index is 11.2. The van der Waals surface area contributed by atoms with E-state index in [1.54, 1.807) is 0 Å². The molecule has 18 heavy (non-hydrogen) atoms. The zero-order valence-electron chi connectivity index (χ0n) is 9.68. The summed E-state index contributed by atoms with van der Waals surface area (Å²) in [6, 6.07) is 0. The molecule has 7 heteroatoms. The molecule has 0 saturated heterocycles. The van der Waals surface area contributed by atoms with Crippen LogP contribution in [0.1, 0.15) is 38.5 Å². The van der Waals surface area contributed by atoms with E-state index in [9.17, 15) is 24.0 Å². The number of carboxylic acid groups (broad SMARTS) is 2. The molecule has 0 fully saturated rings. The largest absolute Gasteiger partial charge is 0.481 e. The average molecular weight is 258 g/mol. The number of Topliss-reactive ketones (excluding diaryl/α,β-unsaturated/α-hetero) is 3. The Morgan fingerprint density at radius 2 is 0.833 bits per heavy atom. The fourth-order valence-corrected chi connectivity index (χ4v) is 1.20. The molecule has 0 amide bonds. The van der Waals surface area contributed by atoms with Crippen molar-refractivity contribution in [3.63, 3.8) is 0 Å². The number of carboxylic acids is 2. The minimum Gasteiger partial charge on any atom is -0.481 e. The van der Waals surface area contributed by atoms with E-state index in [1.807, 2.05) is 0 Å². The summed E-state index contributed by atoms with van der Waals surface area (Å²) in [6.45, 7) is 0. The number of carbonyl (C=O) groups excluding carboxylic acids is 3. The van der Waals surface area contributed by atoms with Gasteiger partial charge < -0.3 is 10.2 Å². The van der Waals surface area contributed by atoms with Crippen molar-refractivity contribution >= 4 is 29.3 Å². The maximum Gasteiger partial charge on any atom is 0.310 e. The van der Waals surface area contributed by atoms with Crippen LogP contribution in [0.4, 0.5) is 0 Å². The van der Waals surface area contributed by atoms with Crippen molar-refractivity contribution in [3.8, 4) is 0 Å². The van der Waals surface area contributed by atoms with Gasteiger partial charge >= 0.3 is 11.9 Å². The van der Waals surface area contributed by atoms with E-state index >= 15 is 0 Å². The third-order valence-corrected chi connectivity index (χ3v) is 2.06. The Labute approximate surface area is 103 Å². The molecule has 7 nitrogen and oxygen atoms in total. The summed E-state index contributed by atoms with van der Waals surface area (Å²) in [7, 11) is 0. The Bertz CT molecular complexity index is 336. The number of ketones is 3. The maximum absolute atomic E-state index is 11.2. The summed E-state index contributed by atoms with van der Waals surface area (Å²) in [6.07, 6.45) is -1.81. The van der Waals surface area contributed by atoms with E-state index in [1.165, 1.54) is 0 Å². The predicted octanol–water partition coefficient (Wildman–Crippen LogP) is 0.203. The van der Waals surface area contributed by atoms with Gasteiger partial charge in [-0.25, -0.2) is 0 Å². The van der Waals surface area contributed by atoms with Crippen molar-refractivity contribution in [3.05, 3.63) is 0 Å². The van der Waals surface area contributed by atoms with Crippen LogP contribution in [0.3, 0.4) is 0 Å². The van der Waals surface area contributed by atoms with Gasteiger partial charge in [0.1, 0.15) is 30.2 Å². The quantitative estimate of drug-likeness (QED) is 0.536. The summed E-state index contributed by atoms with van der Waals surface area (Å²) in [5.41, 5.74) is 0. The molecule has 100 valence electrons. The highest BCUT2D eigenvalue weighted by atomic mass is 16.4. The van der Waals surface area contributed by atoms with Gasteiger partial charge in [-0.1, -0.05) is 0 Å². The lowest BCUT2D eigenvalue weighted by Gasteiger charge is -1.99. The SMILES string of the molecule is O=C(O)CC(=O)CCC(=O)CCC(=O)CC(=O)O. The Morgan fingerprint density at radius 3 is 1.11 bits per heavy atom. The van der Waals surface area contributed by atoms with Crippen LogP contribution < -0.4 is 0 Å². The highest BCUT2D eigenvalue weighted by molar-refractivity contribution is 5.98. The molecular formula is C11H14O7. The molecule has 0 aliphatic heterocycles. The van der Waals surface area contributed by atoms with Gasteiger partial charge in [0.05, 0.1) is 0 Å². The van der Waals surface area contributed by atoms with Gasteiger partial charge in [0, 0.05) is 25.7 Å². The van der Waals surface area contributed by atoms with E-state index < -0.39 is 36.3 Å². The first kappa shape index (κ1) is 16.0. The second-order valence-corrected chi connectivity index (χ2v) is 3.76. The lowest BCUT2D eigenvalue weighted by Crippen LogP contribution is -2.11. The second kappa shape index (κ2) is 8.10. The number of rotatable bonds is 10. The molecule has 0 aromatic carbocycles. The van der Waals surface area contributed by atoms with Crippen LogP contribution in [0.5, 0.6) is 0 Å². The summed E-state index contributed by atoms with van der Waals surface area (Å²) in [5.74, 6) is -3.94. The van der Waals surface area contributed by atoms with Gasteiger partial charge in [0.15, 0.2) is 0 Å². The van der Waals surface area contributed by atoms with Crippen molar-refractivity contribution in [1.82, 2.24) is 0 Å². The summed E-state index contributed by atoms with van der Waals surface area (Å²) in [5, 5.41) is 16.6. The summed E-state index contributed by atoms with van der Waals surface area (Å²) in [4.78, 5) is 53.5. The number of hydrogen-bond donors (Lipinski definition) is 2. The Kier molecular flexibility index (Phi) is 7.18. The smallest absolute Gasteiger partial charge is 0.310 e. The van der Waals surface area contributed by atoms with Crippen LogP contribution in [0.15, 0.2) is 0 Å². The van der Waals surface area contributed by atoms with Crippen LogP contribution in [0.25, 0.3) is 0 Å². The number of carbonyl (C=O) groups is 5. The zero-order chi connectivity index (χ0) is 14.1. The summed E-state index contributed by atoms with van der Waals surface area (Å²) < 4.78 is 0. The van der Waals surface area contributed by atoms with Crippen LogP contribution in [0, 0.1) is 0 Å². The molecule has 0 rings (SSSR count). The fraction of sp³-hybridized carbons (Fsp3) is 0.545. The molecule has 0 saturated carbocycles. The molecule has 0 aromatic rings. The zero-order valence-corrected chi connectivity index (χ0v) is 9.68. The highest BCUT2D eigenvalue weighted by Gasteiger charge is 2.13. The molecule has 0 heterocycles. The molecule has 0 bridgehead atoms. The monoisotopic (exact) mass is 258 g/mol. The van der Waals surface area contributed by atoms with Crippen LogP contribution in [0.2, 0.25) is 0 Å². The van der Waals surface area contributed by atoms with E-state index in [-0.39, 0.29) is 31.5 Å². The van der Waals surface area contributed by atoms with Crippen molar-refractivity contribution in [1.29, 1.82) is 0 Å². The molecular weight excluding hydrogens is 244 g/mol. The number of hydrogen-bond acceptors (Lipinski definition) is 5. The Hall–Kier alpha value is -2.05. The van der Waals surface area contributed by atoms with Gasteiger partial charge in [-0.3, -0.25) is 24.0 Å². The Morgan fingerprint density at radius 1 is 0.556 bits per heavy atom. The van der Waals surface area contributed by atoms with Crippen molar-refractivity contribution in [2.75, 3.05) is 0 Å². The molecule has 0 spiro atoms. The van der Waals surface area contributed by atoms with Crippen LogP contribution in [-0.4, -0.2) is 39.5 Å². The molecule has 0 aromatic heterocycles. The highest BCUT2D eigenvalue weighted by Crippen LogP contribution is 2.03. The normalized spacial score (nSPS) is 9.78. The van der Waals surface area contributed by atoms with Crippen LogP contribution in [-0.2, 0) is 24.0 Å². The molecule has 0 aliphatic rings. The standard InChI is InChI=1S/C11H14O7/c12-7(1-3-8(13)5-10(15)16)2-4-9(14)6-11(17)18/h1-6H2,(H,15,16)(H,17,18). The van der Waals surface area contributed by atoms with Gasteiger partial charge in [0.25, 0.3) is 0 Å². The van der Waals surface area contributed by atoms with E-state index in [4.69, 9.17) is 10.2 Å². The van der Waals surface area contributed by atoms with Gasteiger partial charge in [-0.2, -0.15) is 0 Å². The van der Waals surface area contributed by atoms with Gasteiger partial charge in [-0.05, 0) is 0 Å². The first-order chi connectivity index (χ1) is 8.31. The number of aliphatic carboxylic acids is 2. The third kappa shape index (κ3) is 9.20. The first-order valence-corrected chi connectivity index (χ1v) is 5.30. The van der Waals surface area contributed by atoms with E-state index in [0.717, 1.165) is 0 Å². The first-order valence-electron chi connectivity index (χ1n) is 5.30. The minimum absolute atomic E-state index is 0.119. The fourth-order valence-electron chi connectivity index (χ4n) is 1.20. The lowest BCUT2D eigenvalue weighted by molar-refractivity contribution is -0.141. The molecule has 0 aliphatic carbocycles. The van der Waals surface area contributed by atoms with Crippen molar-refractivity contribution in [2.24, 2.45) is 0 Å².